The van der Waals surface area contributed by atoms with Crippen LogP contribution in [0.4, 0.5) is 13.2 Å². The molecular formula is C20H16F3NO4S2. The van der Waals surface area contributed by atoms with Crippen LogP contribution in [0.1, 0.15) is 27.0 Å². The van der Waals surface area contributed by atoms with Gasteiger partial charge in [-0.05, 0) is 42.5 Å². The number of carbonyl (C=O) groups is 1. The second-order valence-electron chi connectivity index (χ2n) is 6.59. The van der Waals surface area contributed by atoms with Crippen LogP contribution < -0.4 is 4.74 Å². The van der Waals surface area contributed by atoms with E-state index in [0.29, 0.717) is 11.6 Å². The summed E-state index contributed by atoms with van der Waals surface area (Å²) < 4.78 is 44.8. The number of rotatable bonds is 4. The number of benzene rings is 2. The van der Waals surface area contributed by atoms with Gasteiger partial charge in [-0.25, -0.2) is 0 Å². The predicted molar refractivity (Wildman–Crippen MR) is 108 cm³/mol. The van der Waals surface area contributed by atoms with Crippen molar-refractivity contribution in [1.82, 2.24) is 0 Å². The summed E-state index contributed by atoms with van der Waals surface area (Å²) in [5.41, 5.74) is -1.03. The molecule has 0 aliphatic carbocycles. The van der Waals surface area contributed by atoms with E-state index < -0.39 is 40.4 Å². The molecule has 0 unspecified atom stereocenters. The Morgan fingerprint density at radius 1 is 1.20 bits per heavy atom. The van der Waals surface area contributed by atoms with Crippen molar-refractivity contribution in [2.75, 3.05) is 5.75 Å². The first-order valence-electron chi connectivity index (χ1n) is 8.70. The average molecular weight is 455 g/mol. The Kier molecular flexibility index (Phi) is 6.67. The van der Waals surface area contributed by atoms with Crippen molar-refractivity contribution in [3.05, 3.63) is 64.7 Å². The second-order valence-corrected chi connectivity index (χ2v) is 8.67. The molecule has 2 aromatic carbocycles. The highest BCUT2D eigenvalue weighted by atomic mass is 32.2. The van der Waals surface area contributed by atoms with Gasteiger partial charge in [-0.3, -0.25) is 4.79 Å². The van der Waals surface area contributed by atoms with Gasteiger partial charge in [0.05, 0.1) is 33.4 Å². The van der Waals surface area contributed by atoms with Gasteiger partial charge in [0.15, 0.2) is 5.78 Å². The second kappa shape index (κ2) is 8.89. The summed E-state index contributed by atoms with van der Waals surface area (Å²) >= 11 is 5.51. The number of aliphatic hydroxyl groups excluding tert-OH is 2. The summed E-state index contributed by atoms with van der Waals surface area (Å²) in [5.74, 6) is -0.691. The SMILES string of the molecule is N#Cc1ccc(C(=O)c2cc(C(F)(F)F)ccc2O[C@@H]2[C@@H](O)[C@H](O)CS[C@H]2S)cc1. The third-order valence-corrected chi connectivity index (χ3v) is 6.43. The van der Waals surface area contributed by atoms with Crippen LogP contribution in [0.25, 0.3) is 0 Å². The molecule has 0 spiro atoms. The molecule has 10 heteroatoms. The summed E-state index contributed by atoms with van der Waals surface area (Å²) in [5, 5.41) is 29.0. The Morgan fingerprint density at radius 2 is 1.87 bits per heavy atom. The number of ketones is 1. The van der Waals surface area contributed by atoms with Gasteiger partial charge in [-0.2, -0.15) is 31.1 Å². The zero-order valence-corrected chi connectivity index (χ0v) is 16.9. The average Bonchev–Trinajstić information content (AvgIpc) is 2.73. The maximum Gasteiger partial charge on any atom is 0.416 e. The van der Waals surface area contributed by atoms with Gasteiger partial charge in [0.1, 0.15) is 18.0 Å². The van der Waals surface area contributed by atoms with E-state index in [1.54, 1.807) is 0 Å². The molecule has 1 aliphatic heterocycles. The molecule has 30 heavy (non-hydrogen) atoms. The molecular weight excluding hydrogens is 439 g/mol. The molecule has 1 aliphatic rings. The van der Waals surface area contributed by atoms with E-state index in [4.69, 9.17) is 10.00 Å². The highest BCUT2D eigenvalue weighted by Crippen LogP contribution is 2.37. The number of thiol groups is 1. The molecule has 5 nitrogen and oxygen atoms in total. The highest BCUT2D eigenvalue weighted by molar-refractivity contribution is 8.10. The minimum Gasteiger partial charge on any atom is -0.485 e. The van der Waals surface area contributed by atoms with Crippen LogP contribution in [0.15, 0.2) is 42.5 Å². The summed E-state index contributed by atoms with van der Waals surface area (Å²) in [7, 11) is 0. The smallest absolute Gasteiger partial charge is 0.416 e. The number of alkyl halides is 3. The van der Waals surface area contributed by atoms with Crippen LogP contribution in [0.2, 0.25) is 0 Å². The van der Waals surface area contributed by atoms with Crippen molar-refractivity contribution in [2.24, 2.45) is 0 Å². The fraction of sp³-hybridized carbons (Fsp3) is 0.300. The molecule has 1 saturated heterocycles. The van der Waals surface area contributed by atoms with Crippen molar-refractivity contribution in [2.45, 2.75) is 29.1 Å². The van der Waals surface area contributed by atoms with Crippen LogP contribution in [0.3, 0.4) is 0 Å². The van der Waals surface area contributed by atoms with E-state index in [1.807, 2.05) is 6.07 Å². The number of hydrogen-bond donors (Lipinski definition) is 3. The lowest BCUT2D eigenvalue weighted by Gasteiger charge is -2.36. The van der Waals surface area contributed by atoms with Gasteiger partial charge in [0.25, 0.3) is 0 Å². The monoisotopic (exact) mass is 455 g/mol. The van der Waals surface area contributed by atoms with Gasteiger partial charge in [-0.1, -0.05) is 0 Å². The summed E-state index contributed by atoms with van der Waals surface area (Å²) in [4.78, 5) is 12.9. The molecule has 1 heterocycles. The van der Waals surface area contributed by atoms with Crippen LogP contribution in [0, 0.1) is 11.3 Å². The van der Waals surface area contributed by atoms with Gasteiger partial charge < -0.3 is 14.9 Å². The number of hydrogen-bond acceptors (Lipinski definition) is 7. The summed E-state index contributed by atoms with van der Waals surface area (Å²) in [6.45, 7) is 0. The first kappa shape index (κ1) is 22.5. The molecule has 1 fully saturated rings. The normalized spacial score (nSPS) is 24.2. The van der Waals surface area contributed by atoms with E-state index in [2.05, 4.69) is 12.6 Å². The molecule has 2 aromatic rings. The number of aliphatic hydroxyl groups is 2. The van der Waals surface area contributed by atoms with Crippen LogP contribution in [-0.2, 0) is 6.18 Å². The fourth-order valence-corrected chi connectivity index (χ4v) is 4.38. The molecule has 2 N–H and O–H groups in total. The van der Waals surface area contributed by atoms with Crippen molar-refractivity contribution < 1.29 is 32.9 Å². The lowest BCUT2D eigenvalue weighted by Crippen LogP contribution is -2.50. The van der Waals surface area contributed by atoms with Crippen LogP contribution in [-0.4, -0.2) is 44.6 Å². The van der Waals surface area contributed by atoms with E-state index in [1.165, 1.54) is 36.0 Å². The highest BCUT2D eigenvalue weighted by Gasteiger charge is 2.39. The third kappa shape index (κ3) is 4.75. The predicted octanol–water partition coefficient (Wildman–Crippen LogP) is 3.28. The van der Waals surface area contributed by atoms with Crippen molar-refractivity contribution in [1.29, 1.82) is 5.26 Å². The largest absolute Gasteiger partial charge is 0.485 e. The summed E-state index contributed by atoms with van der Waals surface area (Å²) in [6, 6.07) is 9.79. The van der Waals surface area contributed by atoms with Gasteiger partial charge >= 0.3 is 6.18 Å². The molecule has 0 aromatic heterocycles. The van der Waals surface area contributed by atoms with Crippen molar-refractivity contribution in [3.8, 4) is 11.8 Å². The van der Waals surface area contributed by atoms with Gasteiger partial charge in [-0.15, -0.1) is 11.8 Å². The maximum atomic E-state index is 13.2. The minimum atomic E-state index is -4.68. The third-order valence-electron chi connectivity index (χ3n) is 4.54. The standard InChI is InChI=1S/C20H16F3NO4S2/c21-20(22,23)12-5-6-15(28-18-17(27)14(25)9-30-19(18)29)13(7-12)16(26)11-3-1-10(8-24)2-4-11/h1-7,14,17-19,25,27,29H,9H2/t14-,17+,18-,19-/m1/s1. The Bertz CT molecular complexity index is 975. The number of halogens is 3. The Balaban J connectivity index is 2.02. The Hall–Kier alpha value is -2.19. The van der Waals surface area contributed by atoms with E-state index >= 15 is 0 Å². The van der Waals surface area contributed by atoms with Crippen molar-refractivity contribution in [3.63, 3.8) is 0 Å². The molecule has 0 radical (unpaired) electrons. The molecule has 4 atom stereocenters. The zero-order valence-electron chi connectivity index (χ0n) is 15.2. The van der Waals surface area contributed by atoms with E-state index in [0.717, 1.165) is 12.1 Å². The molecule has 0 saturated carbocycles. The zero-order chi connectivity index (χ0) is 22.1. The molecule has 0 amide bonds. The fourth-order valence-electron chi connectivity index (χ4n) is 2.89. The first-order valence-corrected chi connectivity index (χ1v) is 10.3. The lowest BCUT2D eigenvalue weighted by molar-refractivity contribution is -0.137. The quantitative estimate of drug-likeness (QED) is 0.484. The van der Waals surface area contributed by atoms with Gasteiger partial charge in [0.2, 0.25) is 0 Å². The Morgan fingerprint density at radius 3 is 2.47 bits per heavy atom. The topological polar surface area (TPSA) is 90.6 Å². The number of ether oxygens (including phenoxy) is 1. The molecule has 3 rings (SSSR count). The molecule has 158 valence electrons. The maximum absolute atomic E-state index is 13.2. The van der Waals surface area contributed by atoms with E-state index in [9.17, 15) is 28.2 Å². The van der Waals surface area contributed by atoms with Crippen LogP contribution in [0.5, 0.6) is 5.75 Å². The summed E-state index contributed by atoms with van der Waals surface area (Å²) in [6.07, 6.45) is -8.16. The number of carbonyl (C=O) groups excluding carboxylic acids is 1. The minimum absolute atomic E-state index is 0.0687. The Labute approximate surface area is 179 Å². The number of thioether (sulfide) groups is 1. The van der Waals surface area contributed by atoms with E-state index in [-0.39, 0.29) is 22.6 Å². The first-order chi connectivity index (χ1) is 14.1. The molecule has 0 bridgehead atoms. The van der Waals surface area contributed by atoms with Gasteiger partial charge in [0, 0.05) is 11.3 Å². The number of nitriles is 1. The van der Waals surface area contributed by atoms with Crippen molar-refractivity contribution >= 4 is 30.2 Å². The van der Waals surface area contributed by atoms with Crippen LogP contribution >= 0.6 is 24.4 Å². The lowest BCUT2D eigenvalue weighted by atomic mass is 9.99. The number of nitrogens with zero attached hydrogens (tertiary/aromatic N) is 1.